The van der Waals surface area contributed by atoms with Crippen molar-refractivity contribution in [2.75, 3.05) is 5.32 Å². The van der Waals surface area contributed by atoms with Crippen molar-refractivity contribution in [2.45, 2.75) is 17.0 Å². The number of benzene rings is 1. The Morgan fingerprint density at radius 1 is 1.29 bits per heavy atom. The molecule has 0 aliphatic heterocycles. The average molecular weight is 356 g/mol. The lowest BCUT2D eigenvalue weighted by atomic mass is 10.2. The first-order valence-electron chi connectivity index (χ1n) is 6.97. The van der Waals surface area contributed by atoms with E-state index in [1.165, 1.54) is 23.1 Å². The van der Waals surface area contributed by atoms with Crippen molar-refractivity contribution in [1.82, 2.24) is 10.2 Å². The Hall–Kier alpha value is -2.63. The van der Waals surface area contributed by atoms with E-state index in [1.54, 1.807) is 31.2 Å². The molecule has 0 bridgehead atoms. The monoisotopic (exact) mass is 356 g/mol. The van der Waals surface area contributed by atoms with Gasteiger partial charge in [-0.3, -0.25) is 10.1 Å². The fourth-order valence-corrected chi connectivity index (χ4v) is 3.56. The summed E-state index contributed by atoms with van der Waals surface area (Å²) in [6.45, 7) is 1.78. The highest BCUT2D eigenvalue weighted by Gasteiger charge is 2.13. The van der Waals surface area contributed by atoms with E-state index in [2.05, 4.69) is 21.6 Å². The summed E-state index contributed by atoms with van der Waals surface area (Å²) in [5.41, 5.74) is 1.73. The van der Waals surface area contributed by atoms with Gasteiger partial charge in [-0.2, -0.15) is 5.26 Å². The van der Waals surface area contributed by atoms with Crippen molar-refractivity contribution in [1.29, 1.82) is 5.26 Å². The molecule has 0 fully saturated rings. The number of aryl methyl sites for hydroxylation is 1. The van der Waals surface area contributed by atoms with Crippen LogP contribution in [0.2, 0.25) is 0 Å². The molecule has 1 N–H and O–H groups in total. The van der Waals surface area contributed by atoms with Crippen LogP contribution >= 0.6 is 23.1 Å². The van der Waals surface area contributed by atoms with Crippen molar-refractivity contribution >= 4 is 34.1 Å². The number of nitriles is 1. The fourth-order valence-electron chi connectivity index (χ4n) is 1.85. The molecule has 0 saturated heterocycles. The predicted molar refractivity (Wildman–Crippen MR) is 92.0 cm³/mol. The van der Waals surface area contributed by atoms with E-state index < -0.39 is 0 Å². The summed E-state index contributed by atoms with van der Waals surface area (Å²) in [5, 5.41) is 19.9. The molecule has 1 amide bonds. The molecule has 0 unspecified atom stereocenters. The van der Waals surface area contributed by atoms with Crippen LogP contribution in [-0.4, -0.2) is 16.1 Å². The van der Waals surface area contributed by atoms with Crippen molar-refractivity contribution in [3.63, 3.8) is 0 Å². The number of thioether (sulfide) groups is 1. The molecule has 0 spiro atoms. The summed E-state index contributed by atoms with van der Waals surface area (Å²) in [5.74, 6) is 1.29. The Morgan fingerprint density at radius 3 is 2.75 bits per heavy atom. The Labute approximate surface area is 146 Å². The molecule has 2 heterocycles. The first-order valence-corrected chi connectivity index (χ1v) is 8.77. The minimum absolute atomic E-state index is 0.245. The third kappa shape index (κ3) is 4.01. The predicted octanol–water partition coefficient (Wildman–Crippen LogP) is 3.86. The van der Waals surface area contributed by atoms with Crippen LogP contribution in [0.1, 0.15) is 27.4 Å². The number of carbonyl (C=O) groups is 1. The first-order chi connectivity index (χ1) is 11.6. The Balaban J connectivity index is 1.57. The Bertz CT molecular complexity index is 893. The van der Waals surface area contributed by atoms with E-state index in [9.17, 15) is 4.79 Å². The van der Waals surface area contributed by atoms with Crippen LogP contribution in [0.5, 0.6) is 0 Å². The SMILES string of the molecule is Cc1ccc(C(=O)Nc2nnc(SCc3ccc(C#N)cc3)s2)o1. The van der Waals surface area contributed by atoms with E-state index in [0.29, 0.717) is 22.2 Å². The van der Waals surface area contributed by atoms with Crippen molar-refractivity contribution < 1.29 is 9.21 Å². The molecule has 24 heavy (non-hydrogen) atoms. The summed E-state index contributed by atoms with van der Waals surface area (Å²) in [6.07, 6.45) is 0. The minimum Gasteiger partial charge on any atom is -0.456 e. The highest BCUT2D eigenvalue weighted by Crippen LogP contribution is 2.28. The molecule has 3 aromatic rings. The molecule has 3 rings (SSSR count). The molecule has 0 aliphatic carbocycles. The second kappa shape index (κ2) is 7.29. The summed E-state index contributed by atoms with van der Waals surface area (Å²) < 4.78 is 6.02. The third-order valence-corrected chi connectivity index (χ3v) is 5.08. The lowest BCUT2D eigenvalue weighted by molar-refractivity contribution is 0.0995. The standard InChI is InChI=1S/C16H12N4O2S2/c1-10-2-7-13(22-10)14(21)18-15-19-20-16(24-15)23-9-12-5-3-11(8-17)4-6-12/h2-7H,9H2,1H3,(H,18,19,21). The molecular formula is C16H12N4O2S2. The number of amides is 1. The molecule has 0 saturated carbocycles. The fraction of sp³-hybridized carbons (Fsp3) is 0.125. The molecule has 8 heteroatoms. The third-order valence-electron chi connectivity index (χ3n) is 3.04. The van der Waals surface area contributed by atoms with Crippen LogP contribution in [0.4, 0.5) is 5.13 Å². The number of hydrogen-bond donors (Lipinski definition) is 1. The van der Waals surface area contributed by atoms with Crippen LogP contribution in [0, 0.1) is 18.3 Å². The number of furan rings is 1. The van der Waals surface area contributed by atoms with E-state index >= 15 is 0 Å². The number of anilines is 1. The lowest BCUT2D eigenvalue weighted by Crippen LogP contribution is -2.10. The normalized spacial score (nSPS) is 10.3. The van der Waals surface area contributed by atoms with Gasteiger partial charge < -0.3 is 4.42 Å². The van der Waals surface area contributed by atoms with Gasteiger partial charge in [-0.25, -0.2) is 0 Å². The topological polar surface area (TPSA) is 91.8 Å². The Morgan fingerprint density at radius 2 is 2.08 bits per heavy atom. The van der Waals surface area contributed by atoms with Gasteiger partial charge in [0.2, 0.25) is 5.13 Å². The van der Waals surface area contributed by atoms with E-state index in [0.717, 1.165) is 9.90 Å². The molecule has 0 atom stereocenters. The zero-order chi connectivity index (χ0) is 16.9. The van der Waals surface area contributed by atoms with Crippen molar-refractivity contribution in [2.24, 2.45) is 0 Å². The highest BCUT2D eigenvalue weighted by molar-refractivity contribution is 8.00. The molecular weight excluding hydrogens is 344 g/mol. The summed E-state index contributed by atoms with van der Waals surface area (Å²) in [7, 11) is 0. The van der Waals surface area contributed by atoms with Crippen LogP contribution in [0.25, 0.3) is 0 Å². The zero-order valence-corrected chi connectivity index (χ0v) is 14.3. The van der Waals surface area contributed by atoms with Gasteiger partial charge in [0, 0.05) is 5.75 Å². The maximum absolute atomic E-state index is 12.0. The van der Waals surface area contributed by atoms with E-state index in [1.807, 2.05) is 12.1 Å². The number of rotatable bonds is 5. The van der Waals surface area contributed by atoms with Crippen molar-refractivity contribution in [3.8, 4) is 6.07 Å². The zero-order valence-electron chi connectivity index (χ0n) is 12.6. The van der Waals surface area contributed by atoms with Gasteiger partial charge in [-0.05, 0) is 36.8 Å². The number of carbonyl (C=O) groups excluding carboxylic acids is 1. The second-order valence-electron chi connectivity index (χ2n) is 4.83. The van der Waals surface area contributed by atoms with E-state index in [-0.39, 0.29) is 11.7 Å². The molecule has 1 aromatic carbocycles. The van der Waals surface area contributed by atoms with Gasteiger partial charge in [0.05, 0.1) is 11.6 Å². The van der Waals surface area contributed by atoms with Gasteiger partial charge >= 0.3 is 0 Å². The van der Waals surface area contributed by atoms with Gasteiger partial charge in [0.1, 0.15) is 5.76 Å². The summed E-state index contributed by atoms with van der Waals surface area (Å²) in [4.78, 5) is 12.0. The van der Waals surface area contributed by atoms with Gasteiger partial charge in [0.25, 0.3) is 5.91 Å². The highest BCUT2D eigenvalue weighted by atomic mass is 32.2. The maximum Gasteiger partial charge on any atom is 0.293 e. The largest absolute Gasteiger partial charge is 0.456 e. The van der Waals surface area contributed by atoms with E-state index in [4.69, 9.17) is 9.68 Å². The smallest absolute Gasteiger partial charge is 0.293 e. The van der Waals surface area contributed by atoms with Gasteiger partial charge in [-0.15, -0.1) is 10.2 Å². The average Bonchev–Trinajstić information content (AvgIpc) is 3.22. The van der Waals surface area contributed by atoms with Crippen LogP contribution in [0.15, 0.2) is 45.2 Å². The molecule has 0 radical (unpaired) electrons. The quantitative estimate of drug-likeness (QED) is 0.551. The number of aromatic nitrogens is 2. The number of nitrogens with zero attached hydrogens (tertiary/aromatic N) is 3. The number of nitrogens with one attached hydrogen (secondary N) is 1. The van der Waals surface area contributed by atoms with Crippen LogP contribution in [-0.2, 0) is 5.75 Å². The van der Waals surface area contributed by atoms with Gasteiger partial charge in [0.15, 0.2) is 10.1 Å². The summed E-state index contributed by atoms with van der Waals surface area (Å²) >= 11 is 2.83. The maximum atomic E-state index is 12.0. The lowest BCUT2D eigenvalue weighted by Gasteiger charge is -1.98. The van der Waals surface area contributed by atoms with Crippen LogP contribution in [0.3, 0.4) is 0 Å². The van der Waals surface area contributed by atoms with Crippen molar-refractivity contribution in [3.05, 3.63) is 59.0 Å². The molecule has 0 aliphatic rings. The minimum atomic E-state index is -0.345. The Kier molecular flexibility index (Phi) is 4.93. The molecule has 120 valence electrons. The number of hydrogen-bond acceptors (Lipinski definition) is 7. The summed E-state index contributed by atoms with van der Waals surface area (Å²) in [6, 6.07) is 12.8. The second-order valence-corrected chi connectivity index (χ2v) is 7.03. The first kappa shape index (κ1) is 16.2. The van der Waals surface area contributed by atoms with Crippen LogP contribution < -0.4 is 5.32 Å². The molecule has 2 aromatic heterocycles. The molecule has 6 nitrogen and oxygen atoms in total. The van der Waals surface area contributed by atoms with Gasteiger partial charge in [-0.1, -0.05) is 35.2 Å².